The molecule has 0 amide bonds. The molecule has 1 rings (SSSR count). The van der Waals surface area contributed by atoms with Crippen LogP contribution in [0.3, 0.4) is 0 Å². The van der Waals surface area contributed by atoms with Gasteiger partial charge < -0.3 is 4.74 Å². The minimum atomic E-state index is -1.16. The van der Waals surface area contributed by atoms with Gasteiger partial charge in [0.25, 0.3) is 0 Å². The Morgan fingerprint density at radius 2 is 2.44 bits per heavy atom. The second-order valence-corrected chi connectivity index (χ2v) is 3.82. The Morgan fingerprint density at radius 1 is 1.75 bits per heavy atom. The Kier molecular flexibility index (Phi) is 3.67. The highest BCUT2D eigenvalue weighted by molar-refractivity contribution is 5.79. The Morgan fingerprint density at radius 3 is 2.88 bits per heavy atom. The standard InChI is InChI=1S/C11H15N3O2/c1-4-16-10(15)11(2,8-12)7-9-5-6-14(3)13-9/h5-6H,4,7H2,1-3H3. The van der Waals surface area contributed by atoms with Gasteiger partial charge in [-0.15, -0.1) is 0 Å². The maximum atomic E-state index is 11.6. The summed E-state index contributed by atoms with van der Waals surface area (Å²) in [6.45, 7) is 3.56. The van der Waals surface area contributed by atoms with Crippen molar-refractivity contribution >= 4 is 5.97 Å². The van der Waals surface area contributed by atoms with Crippen LogP contribution in [0.5, 0.6) is 0 Å². The van der Waals surface area contributed by atoms with E-state index < -0.39 is 11.4 Å². The van der Waals surface area contributed by atoms with E-state index in [0.29, 0.717) is 5.69 Å². The van der Waals surface area contributed by atoms with E-state index in [4.69, 9.17) is 10.00 Å². The number of aryl methyl sites for hydroxylation is 1. The van der Waals surface area contributed by atoms with E-state index in [-0.39, 0.29) is 13.0 Å². The van der Waals surface area contributed by atoms with Crippen LogP contribution in [0.2, 0.25) is 0 Å². The van der Waals surface area contributed by atoms with Crippen molar-refractivity contribution in [2.24, 2.45) is 12.5 Å². The fourth-order valence-corrected chi connectivity index (χ4v) is 1.37. The zero-order valence-corrected chi connectivity index (χ0v) is 9.73. The number of nitriles is 1. The number of esters is 1. The van der Waals surface area contributed by atoms with Crippen molar-refractivity contribution in [2.75, 3.05) is 6.61 Å². The summed E-state index contributed by atoms with van der Waals surface area (Å²) in [6.07, 6.45) is 2.04. The summed E-state index contributed by atoms with van der Waals surface area (Å²) in [5.41, 5.74) is -0.454. The van der Waals surface area contributed by atoms with Crippen LogP contribution in [0.4, 0.5) is 0 Å². The van der Waals surface area contributed by atoms with Crippen molar-refractivity contribution in [2.45, 2.75) is 20.3 Å². The first kappa shape index (κ1) is 12.2. The fourth-order valence-electron chi connectivity index (χ4n) is 1.37. The molecule has 16 heavy (non-hydrogen) atoms. The number of hydrogen-bond acceptors (Lipinski definition) is 4. The van der Waals surface area contributed by atoms with Gasteiger partial charge in [-0.1, -0.05) is 0 Å². The lowest BCUT2D eigenvalue weighted by atomic mass is 9.87. The van der Waals surface area contributed by atoms with Crippen LogP contribution >= 0.6 is 0 Å². The summed E-state index contributed by atoms with van der Waals surface area (Å²) >= 11 is 0. The number of rotatable bonds is 4. The molecule has 1 aromatic rings. The predicted octanol–water partition coefficient (Wildman–Crippen LogP) is 1.06. The lowest BCUT2D eigenvalue weighted by Gasteiger charge is -2.17. The maximum Gasteiger partial charge on any atom is 0.326 e. The molecule has 0 fully saturated rings. The van der Waals surface area contributed by atoms with E-state index in [9.17, 15) is 4.79 Å². The van der Waals surface area contributed by atoms with E-state index in [1.54, 1.807) is 37.8 Å². The normalized spacial score (nSPS) is 13.9. The molecule has 1 unspecified atom stereocenters. The number of carbonyl (C=O) groups excluding carboxylic acids is 1. The molecule has 1 aromatic heterocycles. The Labute approximate surface area is 94.6 Å². The molecule has 0 aliphatic heterocycles. The number of carbonyl (C=O) groups is 1. The molecular formula is C11H15N3O2. The molecule has 0 aromatic carbocycles. The van der Waals surface area contributed by atoms with Gasteiger partial charge in [-0.05, 0) is 19.9 Å². The smallest absolute Gasteiger partial charge is 0.326 e. The molecule has 86 valence electrons. The molecule has 0 saturated heterocycles. The second-order valence-electron chi connectivity index (χ2n) is 3.82. The molecule has 5 heteroatoms. The zero-order chi connectivity index (χ0) is 12.2. The van der Waals surface area contributed by atoms with Gasteiger partial charge in [-0.3, -0.25) is 9.48 Å². The number of hydrogen-bond donors (Lipinski definition) is 0. The molecule has 0 aliphatic rings. The van der Waals surface area contributed by atoms with E-state index in [1.807, 2.05) is 6.07 Å². The van der Waals surface area contributed by atoms with Crippen LogP contribution < -0.4 is 0 Å². The highest BCUT2D eigenvalue weighted by atomic mass is 16.5. The first-order valence-corrected chi connectivity index (χ1v) is 5.09. The van der Waals surface area contributed by atoms with Crippen LogP contribution in [0.15, 0.2) is 12.3 Å². The van der Waals surface area contributed by atoms with E-state index >= 15 is 0 Å². The molecule has 0 bridgehead atoms. The van der Waals surface area contributed by atoms with Gasteiger partial charge in [0.05, 0.1) is 18.4 Å². The van der Waals surface area contributed by atoms with Crippen LogP contribution in [0, 0.1) is 16.7 Å². The van der Waals surface area contributed by atoms with Crippen molar-refractivity contribution in [1.82, 2.24) is 9.78 Å². The SMILES string of the molecule is CCOC(=O)C(C)(C#N)Cc1ccn(C)n1. The Balaban J connectivity index is 2.82. The third-order valence-corrected chi connectivity index (χ3v) is 2.28. The molecule has 0 aliphatic carbocycles. The van der Waals surface area contributed by atoms with E-state index in [1.165, 1.54) is 0 Å². The van der Waals surface area contributed by atoms with Crippen molar-refractivity contribution in [1.29, 1.82) is 5.26 Å². The molecule has 0 spiro atoms. The summed E-state index contributed by atoms with van der Waals surface area (Å²) in [7, 11) is 1.79. The van der Waals surface area contributed by atoms with Gasteiger partial charge in [0, 0.05) is 19.7 Å². The maximum absolute atomic E-state index is 11.6. The molecular weight excluding hydrogens is 206 g/mol. The fraction of sp³-hybridized carbons (Fsp3) is 0.545. The second kappa shape index (κ2) is 4.79. The molecule has 0 saturated carbocycles. The minimum absolute atomic E-state index is 0.267. The van der Waals surface area contributed by atoms with Crippen molar-refractivity contribution in [3.8, 4) is 6.07 Å². The summed E-state index contributed by atoms with van der Waals surface area (Å²) in [5.74, 6) is -0.497. The third-order valence-electron chi connectivity index (χ3n) is 2.28. The van der Waals surface area contributed by atoms with E-state index in [0.717, 1.165) is 0 Å². The summed E-state index contributed by atoms with van der Waals surface area (Å²) in [6, 6.07) is 3.78. The summed E-state index contributed by atoms with van der Waals surface area (Å²) in [5, 5.41) is 13.2. The van der Waals surface area contributed by atoms with Crippen LogP contribution in [-0.2, 0) is 23.0 Å². The van der Waals surface area contributed by atoms with Gasteiger partial charge in [0.2, 0.25) is 0 Å². The van der Waals surface area contributed by atoms with Crippen LogP contribution in [0.1, 0.15) is 19.5 Å². The highest BCUT2D eigenvalue weighted by Gasteiger charge is 2.36. The van der Waals surface area contributed by atoms with Gasteiger partial charge in [0.15, 0.2) is 5.41 Å². The largest absolute Gasteiger partial charge is 0.465 e. The zero-order valence-electron chi connectivity index (χ0n) is 9.73. The van der Waals surface area contributed by atoms with Gasteiger partial charge in [-0.2, -0.15) is 10.4 Å². The molecule has 1 heterocycles. The first-order chi connectivity index (χ1) is 7.51. The molecule has 5 nitrogen and oxygen atoms in total. The lowest BCUT2D eigenvalue weighted by molar-refractivity contribution is -0.151. The average molecular weight is 221 g/mol. The average Bonchev–Trinajstić information content (AvgIpc) is 2.64. The topological polar surface area (TPSA) is 67.9 Å². The van der Waals surface area contributed by atoms with Gasteiger partial charge >= 0.3 is 5.97 Å². The number of ether oxygens (including phenoxy) is 1. The van der Waals surface area contributed by atoms with Gasteiger partial charge in [0.1, 0.15) is 0 Å². The molecule has 0 N–H and O–H groups in total. The van der Waals surface area contributed by atoms with E-state index in [2.05, 4.69) is 5.10 Å². The van der Waals surface area contributed by atoms with Crippen LogP contribution in [-0.4, -0.2) is 22.4 Å². The number of aromatic nitrogens is 2. The predicted molar refractivity (Wildman–Crippen MR) is 57.3 cm³/mol. The first-order valence-electron chi connectivity index (χ1n) is 5.09. The highest BCUT2D eigenvalue weighted by Crippen LogP contribution is 2.22. The summed E-state index contributed by atoms with van der Waals surface area (Å²) in [4.78, 5) is 11.6. The molecule has 1 atom stereocenters. The third kappa shape index (κ3) is 2.60. The summed E-state index contributed by atoms with van der Waals surface area (Å²) < 4.78 is 6.52. The quantitative estimate of drug-likeness (QED) is 0.713. The van der Waals surface area contributed by atoms with Crippen molar-refractivity contribution in [3.05, 3.63) is 18.0 Å². The number of nitrogens with zero attached hydrogens (tertiary/aromatic N) is 3. The van der Waals surface area contributed by atoms with Crippen molar-refractivity contribution in [3.63, 3.8) is 0 Å². The minimum Gasteiger partial charge on any atom is -0.465 e. The van der Waals surface area contributed by atoms with Gasteiger partial charge in [-0.25, -0.2) is 0 Å². The molecule has 0 radical (unpaired) electrons. The monoisotopic (exact) mass is 221 g/mol. The Hall–Kier alpha value is -1.83. The Bertz CT molecular complexity index is 419. The van der Waals surface area contributed by atoms with Crippen molar-refractivity contribution < 1.29 is 9.53 Å². The lowest BCUT2D eigenvalue weighted by Crippen LogP contribution is -2.30. The van der Waals surface area contributed by atoms with Crippen LogP contribution in [0.25, 0.3) is 0 Å².